The predicted molar refractivity (Wildman–Crippen MR) is 176 cm³/mol. The highest BCUT2D eigenvalue weighted by atomic mass is 16.7. The minimum absolute atomic E-state index is 0.0552. The molecule has 1 unspecified atom stereocenters. The lowest BCUT2D eigenvalue weighted by atomic mass is 10.1. The van der Waals surface area contributed by atoms with Gasteiger partial charge in [-0.3, -0.25) is 19.2 Å². The first kappa shape index (κ1) is 34.7. The third kappa shape index (κ3) is 8.76. The van der Waals surface area contributed by atoms with Crippen molar-refractivity contribution in [2.24, 2.45) is 0 Å². The van der Waals surface area contributed by atoms with E-state index < -0.39 is 0 Å². The fraction of sp³-hybridized carbons (Fsp3) is 0.333. The van der Waals surface area contributed by atoms with E-state index in [-0.39, 0.29) is 47.6 Å². The Morgan fingerprint density at radius 2 is 1.19 bits per heavy atom. The van der Waals surface area contributed by atoms with Crippen molar-refractivity contribution in [2.45, 2.75) is 59.9 Å². The van der Waals surface area contributed by atoms with Crippen molar-refractivity contribution < 1.29 is 33.6 Å². The molecule has 4 aromatic rings. The van der Waals surface area contributed by atoms with Crippen molar-refractivity contribution >= 4 is 11.6 Å². The number of phenols is 1. The summed E-state index contributed by atoms with van der Waals surface area (Å²) in [6.45, 7) is 8.16. The number of ether oxygens (including phenoxy) is 4. The minimum atomic E-state index is -0.308. The van der Waals surface area contributed by atoms with Crippen LogP contribution in [-0.4, -0.2) is 52.9 Å². The molecule has 1 aliphatic rings. The largest absolute Gasteiger partial charge is 0.504 e. The maximum Gasteiger partial charge on any atom is 0.200 e. The van der Waals surface area contributed by atoms with Gasteiger partial charge in [0.05, 0.1) is 33.9 Å². The highest BCUT2D eigenvalue weighted by molar-refractivity contribution is 5.97. The lowest BCUT2D eigenvalue weighted by molar-refractivity contribution is -0.0403. The summed E-state index contributed by atoms with van der Waals surface area (Å²) in [5.41, 5.74) is 3.76. The van der Waals surface area contributed by atoms with Gasteiger partial charge in [0.15, 0.2) is 51.7 Å². The lowest BCUT2D eigenvalue weighted by Gasteiger charge is -2.17. The number of rotatable bonds is 10. The summed E-state index contributed by atoms with van der Waals surface area (Å²) in [4.78, 5) is 48.0. The van der Waals surface area contributed by atoms with Crippen LogP contribution in [0.2, 0.25) is 0 Å². The van der Waals surface area contributed by atoms with Gasteiger partial charge < -0.3 is 33.2 Å². The van der Waals surface area contributed by atoms with Gasteiger partial charge in [0, 0.05) is 64.6 Å². The van der Waals surface area contributed by atoms with Gasteiger partial charge in [0.1, 0.15) is 0 Å². The monoisotopic (exact) mass is 644 g/mol. The second-order valence-electron chi connectivity index (χ2n) is 11.3. The maximum atomic E-state index is 12.8. The molecule has 1 fully saturated rings. The van der Waals surface area contributed by atoms with E-state index in [1.807, 2.05) is 18.4 Å². The van der Waals surface area contributed by atoms with Gasteiger partial charge in [-0.25, -0.2) is 0 Å². The molecule has 0 aliphatic carbocycles. The molecule has 47 heavy (non-hydrogen) atoms. The van der Waals surface area contributed by atoms with Crippen LogP contribution in [0.5, 0.6) is 23.0 Å². The van der Waals surface area contributed by atoms with Crippen LogP contribution < -0.4 is 25.1 Å². The molecule has 0 radical (unpaired) electrons. The smallest absolute Gasteiger partial charge is 0.200 e. The Morgan fingerprint density at radius 1 is 0.723 bits per heavy atom. The minimum Gasteiger partial charge on any atom is -0.504 e. The number of pyridine rings is 2. The highest BCUT2D eigenvalue weighted by Gasteiger charge is 2.20. The maximum absolute atomic E-state index is 12.8. The number of aromatic hydroxyl groups is 1. The molecule has 1 saturated heterocycles. The zero-order valence-corrected chi connectivity index (χ0v) is 27.5. The van der Waals surface area contributed by atoms with Crippen LogP contribution in [0.15, 0.2) is 70.3 Å². The lowest BCUT2D eigenvalue weighted by Crippen LogP contribution is -2.19. The molecular formula is C36H40N2O9. The molecular weight excluding hydrogens is 604 g/mol. The van der Waals surface area contributed by atoms with Gasteiger partial charge in [-0.1, -0.05) is 0 Å². The summed E-state index contributed by atoms with van der Waals surface area (Å²) in [5, 5.41) is 9.73. The van der Waals surface area contributed by atoms with Crippen molar-refractivity contribution in [2.75, 3.05) is 20.8 Å². The van der Waals surface area contributed by atoms with E-state index in [1.54, 1.807) is 55.9 Å². The van der Waals surface area contributed by atoms with Gasteiger partial charge in [0.2, 0.25) is 0 Å². The van der Waals surface area contributed by atoms with Crippen LogP contribution in [0.25, 0.3) is 0 Å². The van der Waals surface area contributed by atoms with Crippen LogP contribution in [0.4, 0.5) is 0 Å². The van der Waals surface area contributed by atoms with E-state index in [4.69, 9.17) is 18.9 Å². The van der Waals surface area contributed by atoms with Crippen LogP contribution in [0.1, 0.15) is 56.3 Å². The average Bonchev–Trinajstić information content (AvgIpc) is 3.54. The molecule has 11 heteroatoms. The predicted octanol–water partition coefficient (Wildman–Crippen LogP) is 4.93. The third-order valence-electron chi connectivity index (χ3n) is 7.84. The molecule has 0 amide bonds. The van der Waals surface area contributed by atoms with E-state index in [9.17, 15) is 24.3 Å². The molecule has 248 valence electrons. The second kappa shape index (κ2) is 15.4. The number of ketones is 2. The summed E-state index contributed by atoms with van der Waals surface area (Å²) in [6, 6.07) is 15.7. The van der Waals surface area contributed by atoms with Crippen LogP contribution >= 0.6 is 0 Å². The van der Waals surface area contributed by atoms with Gasteiger partial charge >= 0.3 is 0 Å². The molecule has 0 bridgehead atoms. The topological polar surface area (TPSA) is 135 Å². The van der Waals surface area contributed by atoms with E-state index in [0.29, 0.717) is 35.0 Å². The molecule has 3 heterocycles. The summed E-state index contributed by atoms with van der Waals surface area (Å²) in [7, 11) is 3.01. The summed E-state index contributed by atoms with van der Waals surface area (Å²) in [6.07, 6.45) is 1.46. The molecule has 1 atom stereocenters. The second-order valence-corrected chi connectivity index (χ2v) is 11.3. The number of hydrogen-bond donors (Lipinski definition) is 1. The Hall–Kier alpha value is -5.16. The molecule has 1 N–H and O–H groups in total. The number of nitrogens with zero attached hydrogens (tertiary/aromatic N) is 2. The van der Waals surface area contributed by atoms with Gasteiger partial charge in [-0.15, -0.1) is 0 Å². The normalized spacial score (nSPS) is 13.8. The number of hydrogen-bond acceptors (Lipinski definition) is 9. The molecule has 0 saturated carbocycles. The van der Waals surface area contributed by atoms with Gasteiger partial charge in [-0.05, 0) is 70.5 Å². The number of aryl methyl sites for hydroxylation is 4. The first-order chi connectivity index (χ1) is 22.4. The number of Topliss-reactive ketones (excluding diaryl/α,β-unsaturated/α-hetero) is 2. The molecule has 1 aliphatic heterocycles. The van der Waals surface area contributed by atoms with Gasteiger partial charge in [-0.2, -0.15) is 0 Å². The molecule has 2 aromatic carbocycles. The Morgan fingerprint density at radius 3 is 1.62 bits per heavy atom. The SMILES string of the molecule is COc1ccc(C(=O)Cn2c(C)cc(=O)cc2C)cc1O.COc1ccc(C(=O)Cn2c(C)cc(=O)cc2C)cc1OC1CCCO1. The quantitative estimate of drug-likeness (QED) is 0.238. The number of phenolic OH excluding ortho intramolecular Hbond substituents is 1. The highest BCUT2D eigenvalue weighted by Crippen LogP contribution is 2.31. The zero-order valence-electron chi connectivity index (χ0n) is 27.5. The summed E-state index contributed by atoms with van der Waals surface area (Å²) < 4.78 is 25.2. The fourth-order valence-corrected chi connectivity index (χ4v) is 5.33. The van der Waals surface area contributed by atoms with E-state index in [1.165, 1.54) is 37.4 Å². The summed E-state index contributed by atoms with van der Waals surface area (Å²) in [5.74, 6) is 1.09. The third-order valence-corrected chi connectivity index (χ3v) is 7.84. The summed E-state index contributed by atoms with van der Waals surface area (Å²) >= 11 is 0. The van der Waals surface area contributed by atoms with E-state index in [2.05, 4.69) is 0 Å². The molecule has 11 nitrogen and oxygen atoms in total. The van der Waals surface area contributed by atoms with E-state index >= 15 is 0 Å². The van der Waals surface area contributed by atoms with Crippen molar-refractivity contribution in [1.29, 1.82) is 0 Å². The molecule has 5 rings (SSSR count). The zero-order chi connectivity index (χ0) is 34.2. The van der Waals surface area contributed by atoms with Crippen molar-refractivity contribution in [3.8, 4) is 23.0 Å². The Bertz CT molecular complexity index is 1830. The first-order valence-corrected chi connectivity index (χ1v) is 15.2. The standard InChI is InChI=1S/C20H23NO5.C16H17NO4/c1-13-9-16(22)10-14(2)21(13)12-17(23)15-6-7-18(24-3)19(11-15)26-20-5-4-8-25-20;1-10-6-13(18)7-11(2)17(10)9-15(20)12-4-5-16(21-3)14(19)8-12/h6-7,9-11,20H,4-5,8,12H2,1-3H3;4-8,19H,9H2,1-3H3. The average molecular weight is 645 g/mol. The van der Waals surface area contributed by atoms with Gasteiger partial charge in [0.25, 0.3) is 0 Å². The number of methoxy groups -OCH3 is 2. The van der Waals surface area contributed by atoms with Crippen molar-refractivity contribution in [3.63, 3.8) is 0 Å². The fourth-order valence-electron chi connectivity index (χ4n) is 5.33. The van der Waals surface area contributed by atoms with Crippen molar-refractivity contribution in [1.82, 2.24) is 9.13 Å². The molecule has 2 aromatic heterocycles. The number of aromatic nitrogens is 2. The Kier molecular flexibility index (Phi) is 11.4. The van der Waals surface area contributed by atoms with Crippen LogP contribution in [-0.2, 0) is 17.8 Å². The number of carbonyl (C=O) groups excluding carboxylic acids is 2. The van der Waals surface area contributed by atoms with Crippen molar-refractivity contribution in [3.05, 3.63) is 115 Å². The molecule has 0 spiro atoms. The van der Waals surface area contributed by atoms with Crippen LogP contribution in [0, 0.1) is 27.7 Å². The number of carbonyl (C=O) groups is 2. The first-order valence-electron chi connectivity index (χ1n) is 15.2. The Labute approximate surface area is 272 Å². The number of benzene rings is 2. The van der Waals surface area contributed by atoms with Crippen LogP contribution in [0.3, 0.4) is 0 Å². The Balaban J connectivity index is 0.000000218. The van der Waals surface area contributed by atoms with E-state index in [0.717, 1.165) is 35.6 Å².